The van der Waals surface area contributed by atoms with Crippen molar-refractivity contribution in [2.75, 3.05) is 11.1 Å². The number of benzene rings is 1. The summed E-state index contributed by atoms with van der Waals surface area (Å²) in [6, 6.07) is 9.90. The van der Waals surface area contributed by atoms with Crippen molar-refractivity contribution in [1.29, 1.82) is 0 Å². The van der Waals surface area contributed by atoms with Gasteiger partial charge in [-0.15, -0.1) is 0 Å². The van der Waals surface area contributed by atoms with Crippen molar-refractivity contribution in [2.24, 2.45) is 0 Å². The van der Waals surface area contributed by atoms with Crippen molar-refractivity contribution in [1.82, 2.24) is 9.69 Å². The maximum atomic E-state index is 12.0. The van der Waals surface area contributed by atoms with E-state index in [2.05, 4.69) is 15.0 Å². The molecule has 0 radical (unpaired) electrons. The first-order chi connectivity index (χ1) is 10.1. The number of anilines is 2. The molecule has 1 aromatic carbocycles. The third-order valence-corrected chi connectivity index (χ3v) is 4.24. The molecular formula is C15H18N4OS. The van der Waals surface area contributed by atoms with Crippen LogP contribution in [0.2, 0.25) is 0 Å². The molecule has 1 saturated carbocycles. The Balaban J connectivity index is 1.78. The van der Waals surface area contributed by atoms with Gasteiger partial charge in [0.1, 0.15) is 16.9 Å². The van der Waals surface area contributed by atoms with Gasteiger partial charge in [0.05, 0.1) is 5.56 Å². The monoisotopic (exact) mass is 302 g/mol. The summed E-state index contributed by atoms with van der Waals surface area (Å²) in [6.07, 6.45) is 2.17. The van der Waals surface area contributed by atoms with Crippen LogP contribution in [0.15, 0.2) is 30.3 Å². The molecule has 1 fully saturated rings. The summed E-state index contributed by atoms with van der Waals surface area (Å²) in [4.78, 5) is 12.0. The third kappa shape index (κ3) is 3.16. The largest absolute Gasteiger partial charge is 0.382 e. The van der Waals surface area contributed by atoms with Gasteiger partial charge < -0.3 is 16.4 Å². The summed E-state index contributed by atoms with van der Waals surface area (Å²) in [5.74, 6) is 0.506. The molecule has 0 spiro atoms. The Morgan fingerprint density at radius 2 is 2.10 bits per heavy atom. The smallest absolute Gasteiger partial charge is 0.242 e. The van der Waals surface area contributed by atoms with Crippen molar-refractivity contribution >= 4 is 28.3 Å². The maximum Gasteiger partial charge on any atom is 0.242 e. The van der Waals surface area contributed by atoms with E-state index in [1.54, 1.807) is 0 Å². The minimum absolute atomic E-state index is 0.0171. The molecule has 1 atom stereocenters. The second kappa shape index (κ2) is 5.73. The lowest BCUT2D eigenvalue weighted by atomic mass is 10.1. The fourth-order valence-electron chi connectivity index (χ4n) is 2.10. The molecule has 1 aliphatic rings. The first kappa shape index (κ1) is 13.9. The van der Waals surface area contributed by atoms with Gasteiger partial charge in [-0.25, -0.2) is 0 Å². The van der Waals surface area contributed by atoms with Crippen molar-refractivity contribution in [3.8, 4) is 11.1 Å². The van der Waals surface area contributed by atoms with Crippen molar-refractivity contribution in [3.63, 3.8) is 0 Å². The van der Waals surface area contributed by atoms with Crippen LogP contribution in [0.4, 0.5) is 10.8 Å². The van der Waals surface area contributed by atoms with Gasteiger partial charge in [-0.3, -0.25) is 4.79 Å². The molecule has 1 aliphatic carbocycles. The van der Waals surface area contributed by atoms with E-state index in [0.717, 1.165) is 29.0 Å². The molecule has 21 heavy (non-hydrogen) atoms. The lowest BCUT2D eigenvalue weighted by molar-refractivity contribution is -0.121. The lowest BCUT2D eigenvalue weighted by Crippen LogP contribution is -2.38. The van der Waals surface area contributed by atoms with E-state index in [1.807, 2.05) is 37.3 Å². The van der Waals surface area contributed by atoms with Crippen LogP contribution in [-0.4, -0.2) is 22.4 Å². The topological polar surface area (TPSA) is 80.0 Å². The number of carbonyl (C=O) groups excluding carboxylic acids is 1. The van der Waals surface area contributed by atoms with Gasteiger partial charge >= 0.3 is 0 Å². The molecular weight excluding hydrogens is 284 g/mol. The molecule has 0 aliphatic heterocycles. The normalized spacial score (nSPS) is 15.5. The van der Waals surface area contributed by atoms with Crippen LogP contribution in [0.3, 0.4) is 0 Å². The average molecular weight is 302 g/mol. The molecule has 4 N–H and O–H groups in total. The third-order valence-electron chi connectivity index (χ3n) is 3.45. The first-order valence-corrected chi connectivity index (χ1v) is 7.80. The van der Waals surface area contributed by atoms with Gasteiger partial charge in [-0.2, -0.15) is 4.37 Å². The molecule has 1 unspecified atom stereocenters. The fraction of sp³-hybridized carbons (Fsp3) is 0.333. The van der Waals surface area contributed by atoms with Gasteiger partial charge in [-0.05, 0) is 36.9 Å². The Morgan fingerprint density at radius 3 is 2.76 bits per heavy atom. The highest BCUT2D eigenvalue weighted by Crippen LogP contribution is 2.36. The van der Waals surface area contributed by atoms with E-state index < -0.39 is 0 Å². The van der Waals surface area contributed by atoms with Gasteiger partial charge in [0.2, 0.25) is 5.91 Å². The number of amides is 1. The minimum Gasteiger partial charge on any atom is -0.382 e. The van der Waals surface area contributed by atoms with E-state index in [4.69, 9.17) is 5.73 Å². The molecule has 3 rings (SSSR count). The number of nitrogens with one attached hydrogen (secondary N) is 2. The summed E-state index contributed by atoms with van der Waals surface area (Å²) in [7, 11) is 0. The second-order valence-electron chi connectivity index (χ2n) is 5.29. The fourth-order valence-corrected chi connectivity index (χ4v) is 2.92. The number of nitrogen functional groups attached to an aromatic ring is 1. The molecule has 1 aromatic heterocycles. The van der Waals surface area contributed by atoms with Crippen LogP contribution in [-0.2, 0) is 4.79 Å². The SMILES string of the molecule is CC(Nc1snc(N)c1-c1ccccc1)C(=O)NC1CC1. The van der Waals surface area contributed by atoms with Gasteiger partial charge in [-0.1, -0.05) is 30.3 Å². The van der Waals surface area contributed by atoms with Gasteiger partial charge in [0.25, 0.3) is 0 Å². The van der Waals surface area contributed by atoms with Gasteiger partial charge in [0.15, 0.2) is 0 Å². The zero-order chi connectivity index (χ0) is 14.8. The number of hydrogen-bond acceptors (Lipinski definition) is 5. The molecule has 5 nitrogen and oxygen atoms in total. The van der Waals surface area contributed by atoms with E-state index in [0.29, 0.717) is 11.9 Å². The Morgan fingerprint density at radius 1 is 1.38 bits per heavy atom. The quantitative estimate of drug-likeness (QED) is 0.792. The highest BCUT2D eigenvalue weighted by Gasteiger charge is 2.26. The zero-order valence-electron chi connectivity index (χ0n) is 11.8. The van der Waals surface area contributed by atoms with Gasteiger partial charge in [0, 0.05) is 6.04 Å². The summed E-state index contributed by atoms with van der Waals surface area (Å²) in [6.45, 7) is 1.85. The molecule has 1 amide bonds. The highest BCUT2D eigenvalue weighted by atomic mass is 32.1. The predicted molar refractivity (Wildman–Crippen MR) is 86.2 cm³/mol. The minimum atomic E-state index is -0.312. The summed E-state index contributed by atoms with van der Waals surface area (Å²) in [5, 5.41) is 7.05. The number of rotatable bonds is 5. The van der Waals surface area contributed by atoms with Crippen LogP contribution in [0.1, 0.15) is 19.8 Å². The Kier molecular flexibility index (Phi) is 3.79. The summed E-state index contributed by atoms with van der Waals surface area (Å²) >= 11 is 1.29. The van der Waals surface area contributed by atoms with Crippen LogP contribution < -0.4 is 16.4 Å². The Bertz CT molecular complexity index is 636. The lowest BCUT2D eigenvalue weighted by Gasteiger charge is -2.15. The standard InChI is InChI=1S/C15H18N4OS/c1-9(14(20)18-11-7-8-11)17-15-12(13(16)19-21-15)10-5-3-2-4-6-10/h2-6,9,11,17H,7-8H2,1H3,(H2,16,19)(H,18,20). The first-order valence-electron chi connectivity index (χ1n) is 7.02. The molecule has 1 heterocycles. The van der Waals surface area contributed by atoms with Crippen LogP contribution in [0.25, 0.3) is 11.1 Å². The van der Waals surface area contributed by atoms with E-state index in [-0.39, 0.29) is 11.9 Å². The van der Waals surface area contributed by atoms with E-state index in [1.165, 1.54) is 11.5 Å². The zero-order valence-corrected chi connectivity index (χ0v) is 12.6. The second-order valence-corrected chi connectivity index (χ2v) is 6.06. The number of nitrogens with two attached hydrogens (primary N) is 1. The van der Waals surface area contributed by atoms with Crippen LogP contribution >= 0.6 is 11.5 Å². The average Bonchev–Trinajstić information content (AvgIpc) is 3.22. The molecule has 0 saturated heterocycles. The number of aromatic nitrogens is 1. The maximum absolute atomic E-state index is 12.0. The van der Waals surface area contributed by atoms with E-state index >= 15 is 0 Å². The summed E-state index contributed by atoms with van der Waals surface area (Å²) in [5.41, 5.74) is 7.84. The number of hydrogen-bond donors (Lipinski definition) is 3. The highest BCUT2D eigenvalue weighted by molar-refractivity contribution is 7.11. The van der Waals surface area contributed by atoms with E-state index in [9.17, 15) is 4.79 Å². The molecule has 6 heteroatoms. The predicted octanol–water partition coefficient (Wildman–Crippen LogP) is 2.47. The summed E-state index contributed by atoms with van der Waals surface area (Å²) < 4.78 is 4.20. The van der Waals surface area contributed by atoms with Crippen molar-refractivity contribution < 1.29 is 4.79 Å². The molecule has 0 bridgehead atoms. The molecule has 110 valence electrons. The molecule has 2 aromatic rings. The van der Waals surface area contributed by atoms with Crippen LogP contribution in [0.5, 0.6) is 0 Å². The van der Waals surface area contributed by atoms with Crippen molar-refractivity contribution in [2.45, 2.75) is 31.8 Å². The number of carbonyl (C=O) groups is 1. The number of nitrogens with zero attached hydrogens (tertiary/aromatic N) is 1. The van der Waals surface area contributed by atoms with Crippen molar-refractivity contribution in [3.05, 3.63) is 30.3 Å². The Labute approximate surface area is 127 Å². The van der Waals surface area contributed by atoms with Crippen LogP contribution in [0, 0.1) is 0 Å². The Hall–Kier alpha value is -2.08.